The number of fused-ring (bicyclic) bond motifs is 1. The minimum Gasteiger partial charge on any atom is -0.465 e. The highest BCUT2D eigenvalue weighted by molar-refractivity contribution is 5.96. The molecule has 1 aliphatic carbocycles. The van der Waals surface area contributed by atoms with Crippen LogP contribution in [0.15, 0.2) is 16.9 Å². The van der Waals surface area contributed by atoms with E-state index in [0.29, 0.717) is 36.8 Å². The summed E-state index contributed by atoms with van der Waals surface area (Å²) < 4.78 is 27.1. The first-order chi connectivity index (χ1) is 16.5. The van der Waals surface area contributed by atoms with Crippen molar-refractivity contribution < 1.29 is 28.6 Å². The number of pyridine rings is 1. The third-order valence-corrected chi connectivity index (χ3v) is 7.01. The van der Waals surface area contributed by atoms with E-state index in [1.165, 1.54) is 0 Å². The van der Waals surface area contributed by atoms with E-state index in [1.54, 1.807) is 27.7 Å². The van der Waals surface area contributed by atoms with E-state index in [4.69, 9.17) is 14.6 Å². The van der Waals surface area contributed by atoms with Crippen LogP contribution in [0.1, 0.15) is 65.3 Å². The molecule has 1 fully saturated rings. The van der Waals surface area contributed by atoms with Gasteiger partial charge in [-0.25, -0.2) is 9.18 Å². The molecule has 1 atom stereocenters. The number of nitrogens with one attached hydrogen (secondary N) is 3. The predicted molar refractivity (Wildman–Crippen MR) is 125 cm³/mol. The van der Waals surface area contributed by atoms with Crippen LogP contribution in [0.2, 0.25) is 0 Å². The fourth-order valence-corrected chi connectivity index (χ4v) is 5.05. The summed E-state index contributed by atoms with van der Waals surface area (Å²) in [5.41, 5.74) is 2.18. The molecule has 0 spiro atoms. The normalized spacial score (nSPS) is 23.1. The maximum atomic E-state index is 15.0. The highest BCUT2D eigenvalue weighted by Gasteiger charge is 2.47. The number of carbonyl (C=O) groups excluding carboxylic acids is 1. The molecule has 9 nitrogen and oxygen atoms in total. The summed E-state index contributed by atoms with van der Waals surface area (Å²) in [5.74, 6) is -2.27. The number of carbonyl (C=O) groups is 2. The first-order valence-corrected chi connectivity index (χ1v) is 11.7. The molecule has 1 saturated carbocycles. The number of halogens is 1. The molecule has 1 unspecified atom stereocenters. The van der Waals surface area contributed by atoms with Gasteiger partial charge in [0.05, 0.1) is 0 Å². The van der Waals surface area contributed by atoms with E-state index in [-0.39, 0.29) is 41.1 Å². The van der Waals surface area contributed by atoms with Gasteiger partial charge >= 0.3 is 6.09 Å². The number of carboxylic acid groups (broad SMARTS) is 1. The first kappa shape index (κ1) is 24.6. The third-order valence-electron chi connectivity index (χ3n) is 7.01. The third kappa shape index (κ3) is 4.82. The second kappa shape index (κ2) is 9.24. The van der Waals surface area contributed by atoms with E-state index in [0.717, 1.165) is 17.3 Å². The number of aromatic amines is 1. The lowest BCUT2D eigenvalue weighted by Crippen LogP contribution is -2.47. The van der Waals surface area contributed by atoms with Gasteiger partial charge in [-0.2, -0.15) is 0 Å². The molecule has 2 heterocycles. The van der Waals surface area contributed by atoms with Crippen LogP contribution in [0.25, 0.3) is 0 Å². The molecule has 1 aromatic heterocycles. The van der Waals surface area contributed by atoms with Gasteiger partial charge in [0, 0.05) is 47.8 Å². The van der Waals surface area contributed by atoms with E-state index >= 15 is 4.39 Å². The molecule has 2 amide bonds. The average molecular weight is 488 g/mol. The number of hydrogen-bond acceptors (Lipinski definition) is 5. The Kier molecular flexibility index (Phi) is 6.48. The number of aromatic nitrogens is 1. The van der Waals surface area contributed by atoms with Crippen LogP contribution in [0.3, 0.4) is 0 Å². The topological polar surface area (TPSA) is 130 Å². The molecule has 1 aliphatic heterocycles. The number of benzene rings is 1. The number of rotatable bonds is 5. The molecule has 4 rings (SSSR count). The van der Waals surface area contributed by atoms with Crippen molar-refractivity contribution in [1.82, 2.24) is 15.6 Å². The van der Waals surface area contributed by atoms with Gasteiger partial charge in [0.1, 0.15) is 0 Å². The average Bonchev–Trinajstić information content (AvgIpc) is 3.15. The van der Waals surface area contributed by atoms with Gasteiger partial charge in [-0.3, -0.25) is 9.59 Å². The van der Waals surface area contributed by atoms with Gasteiger partial charge in [-0.15, -0.1) is 0 Å². The number of amides is 2. The summed E-state index contributed by atoms with van der Waals surface area (Å²) >= 11 is 0. The highest BCUT2D eigenvalue weighted by atomic mass is 19.1. The number of aryl methyl sites for hydroxylation is 2. The molecule has 2 aromatic rings. The second-order valence-corrected chi connectivity index (χ2v) is 9.53. The summed E-state index contributed by atoms with van der Waals surface area (Å²) in [6, 6.07) is 2.81. The van der Waals surface area contributed by atoms with Crippen LogP contribution >= 0.6 is 0 Å². The van der Waals surface area contributed by atoms with Crippen LogP contribution < -0.4 is 25.7 Å². The fraction of sp³-hybridized carbons (Fsp3) is 0.480. The number of ether oxygens (including phenoxy) is 2. The zero-order valence-electron chi connectivity index (χ0n) is 20.2. The summed E-state index contributed by atoms with van der Waals surface area (Å²) in [4.78, 5) is 38.8. The monoisotopic (exact) mass is 487 g/mol. The second-order valence-electron chi connectivity index (χ2n) is 9.53. The van der Waals surface area contributed by atoms with Gasteiger partial charge in [-0.1, -0.05) is 0 Å². The van der Waals surface area contributed by atoms with Crippen molar-refractivity contribution in [3.8, 4) is 11.5 Å². The van der Waals surface area contributed by atoms with Gasteiger partial charge in [0.25, 0.3) is 17.3 Å². The maximum absolute atomic E-state index is 15.0. The van der Waals surface area contributed by atoms with E-state index < -0.39 is 23.6 Å². The quantitative estimate of drug-likeness (QED) is 0.509. The zero-order valence-corrected chi connectivity index (χ0v) is 20.2. The Bertz CT molecular complexity index is 1230. The summed E-state index contributed by atoms with van der Waals surface area (Å²) in [7, 11) is 0. The van der Waals surface area contributed by atoms with Crippen LogP contribution in [-0.4, -0.2) is 33.9 Å². The van der Waals surface area contributed by atoms with Crippen molar-refractivity contribution in [2.24, 2.45) is 5.92 Å². The Morgan fingerprint density at radius 2 is 1.80 bits per heavy atom. The van der Waals surface area contributed by atoms with Gasteiger partial charge < -0.3 is 30.2 Å². The number of hydrogen-bond donors (Lipinski definition) is 4. The summed E-state index contributed by atoms with van der Waals surface area (Å²) in [6.07, 6.45) is 1.50. The lowest BCUT2D eigenvalue weighted by Gasteiger charge is -2.37. The predicted octanol–water partition coefficient (Wildman–Crippen LogP) is 3.68. The molecule has 0 radical (unpaired) electrons. The Morgan fingerprint density at radius 3 is 2.43 bits per heavy atom. The van der Waals surface area contributed by atoms with Crippen LogP contribution in [0.5, 0.6) is 11.5 Å². The SMILES string of the molecule is Cc1cc(C)c(CNC(=O)c2cc(F)c3c(c2C)OC(C)(C2CCC(NC(=O)O)CC2)O3)c(=O)[nH]1. The van der Waals surface area contributed by atoms with Gasteiger partial charge in [-0.05, 0) is 64.2 Å². The van der Waals surface area contributed by atoms with E-state index in [9.17, 15) is 14.4 Å². The highest BCUT2D eigenvalue weighted by Crippen LogP contribution is 2.49. The van der Waals surface area contributed by atoms with Crippen LogP contribution in [0, 0.1) is 32.5 Å². The van der Waals surface area contributed by atoms with Crippen LogP contribution in [0.4, 0.5) is 9.18 Å². The van der Waals surface area contributed by atoms with Crippen LogP contribution in [-0.2, 0) is 6.54 Å². The minimum atomic E-state index is -1.12. The molecule has 0 bridgehead atoms. The zero-order chi connectivity index (χ0) is 25.5. The fourth-order valence-electron chi connectivity index (χ4n) is 5.05. The van der Waals surface area contributed by atoms with Crippen molar-refractivity contribution in [3.05, 3.63) is 56.3 Å². The van der Waals surface area contributed by atoms with Gasteiger partial charge in [0.15, 0.2) is 11.6 Å². The van der Waals surface area contributed by atoms with Gasteiger partial charge in [0.2, 0.25) is 5.75 Å². The molecular formula is C25H30FN3O6. The smallest absolute Gasteiger partial charge is 0.404 e. The minimum absolute atomic E-state index is 0.00111. The molecule has 2 aliphatic rings. The summed E-state index contributed by atoms with van der Waals surface area (Å²) in [6.45, 7) is 6.98. The lowest BCUT2D eigenvalue weighted by molar-refractivity contribution is -0.122. The molecule has 188 valence electrons. The molecular weight excluding hydrogens is 457 g/mol. The van der Waals surface area contributed by atoms with Crippen molar-refractivity contribution in [2.75, 3.05) is 0 Å². The molecule has 4 N–H and O–H groups in total. The van der Waals surface area contributed by atoms with Crippen molar-refractivity contribution >= 4 is 12.0 Å². The molecule has 10 heteroatoms. The van der Waals surface area contributed by atoms with E-state index in [2.05, 4.69) is 15.6 Å². The molecule has 35 heavy (non-hydrogen) atoms. The van der Waals surface area contributed by atoms with Crippen molar-refractivity contribution in [3.63, 3.8) is 0 Å². The van der Waals surface area contributed by atoms with Crippen molar-refractivity contribution in [1.29, 1.82) is 0 Å². The first-order valence-electron chi connectivity index (χ1n) is 11.7. The molecule has 1 aromatic carbocycles. The summed E-state index contributed by atoms with van der Waals surface area (Å²) in [5, 5.41) is 14.1. The Hall–Kier alpha value is -3.56. The lowest BCUT2D eigenvalue weighted by atomic mass is 9.81. The largest absolute Gasteiger partial charge is 0.465 e. The molecule has 0 saturated heterocycles. The Morgan fingerprint density at radius 1 is 1.14 bits per heavy atom. The Balaban J connectivity index is 1.49. The van der Waals surface area contributed by atoms with Crippen molar-refractivity contribution in [2.45, 2.75) is 71.8 Å². The van der Waals surface area contributed by atoms with E-state index in [1.807, 2.05) is 6.07 Å². The number of H-pyrrole nitrogens is 1. The standard InChI is InChI=1S/C25H30FN3O6/c1-12-9-13(2)28-23(31)18(12)11-27-22(30)17-10-19(26)21-20(14(17)3)34-25(4,35-21)15-5-7-16(8-6-15)29-24(32)33/h9-10,15-16,29H,5-8,11H2,1-4H3,(H,27,30)(H,28,31)(H,32,33). The maximum Gasteiger partial charge on any atom is 0.404 e. The Labute approximate surface area is 202 Å².